The molecule has 2 aromatic rings. The van der Waals surface area contributed by atoms with E-state index in [4.69, 9.17) is 0 Å². The Labute approximate surface area is 141 Å². The molecule has 3 rings (SSSR count). The second-order valence-electron chi connectivity index (χ2n) is 5.85. The van der Waals surface area contributed by atoms with E-state index in [9.17, 15) is 9.59 Å². The number of hydrogen-bond donors (Lipinski definition) is 2. The zero-order valence-electron chi connectivity index (χ0n) is 13.6. The highest BCUT2D eigenvalue weighted by Gasteiger charge is 2.22. The molecule has 1 heterocycles. The molecule has 1 saturated heterocycles. The van der Waals surface area contributed by atoms with E-state index in [0.29, 0.717) is 0 Å². The Morgan fingerprint density at radius 1 is 1.00 bits per heavy atom. The maximum atomic E-state index is 11.7. The number of benzene rings is 2. The molecule has 1 fully saturated rings. The fourth-order valence-electron chi connectivity index (χ4n) is 2.83. The Morgan fingerprint density at radius 2 is 1.79 bits per heavy atom. The summed E-state index contributed by atoms with van der Waals surface area (Å²) in [6.45, 7) is 2.17. The maximum absolute atomic E-state index is 11.7. The van der Waals surface area contributed by atoms with Crippen LogP contribution in [0.15, 0.2) is 54.2 Å². The monoisotopic (exact) mass is 320 g/mol. The summed E-state index contributed by atoms with van der Waals surface area (Å²) in [5, 5.41) is 4.74. The minimum atomic E-state index is -0.474. The first-order chi connectivity index (χ1) is 11.7. The van der Waals surface area contributed by atoms with Crippen LogP contribution >= 0.6 is 0 Å². The number of hydrogen-bond acceptors (Lipinski definition) is 2. The predicted octanol–water partition coefficient (Wildman–Crippen LogP) is 3.88. The number of amides is 3. The van der Waals surface area contributed by atoms with Crippen molar-refractivity contribution in [1.82, 2.24) is 10.6 Å². The summed E-state index contributed by atoms with van der Waals surface area (Å²) in [6.07, 6.45) is 4.93. The number of carbonyl (C=O) groups is 2. The largest absolute Gasteiger partial charge is 0.326 e. The fourth-order valence-corrected chi connectivity index (χ4v) is 2.83. The van der Waals surface area contributed by atoms with Crippen LogP contribution in [0.1, 0.15) is 30.9 Å². The summed E-state index contributed by atoms with van der Waals surface area (Å²) in [7, 11) is 0. The van der Waals surface area contributed by atoms with Crippen LogP contribution in [0.3, 0.4) is 0 Å². The highest BCUT2D eigenvalue weighted by atomic mass is 16.2. The van der Waals surface area contributed by atoms with Crippen molar-refractivity contribution in [2.75, 3.05) is 0 Å². The van der Waals surface area contributed by atoms with Gasteiger partial charge < -0.3 is 5.32 Å². The van der Waals surface area contributed by atoms with Gasteiger partial charge >= 0.3 is 6.03 Å². The van der Waals surface area contributed by atoms with Crippen LogP contribution in [0.2, 0.25) is 0 Å². The summed E-state index contributed by atoms with van der Waals surface area (Å²) in [4.78, 5) is 22.9. The van der Waals surface area contributed by atoms with Gasteiger partial charge in [0.05, 0.1) is 0 Å². The summed E-state index contributed by atoms with van der Waals surface area (Å²) in [6, 6.07) is 16.0. The van der Waals surface area contributed by atoms with Crippen LogP contribution in [0.25, 0.3) is 17.2 Å². The van der Waals surface area contributed by atoms with Crippen LogP contribution in [0.4, 0.5) is 4.79 Å². The maximum Gasteiger partial charge on any atom is 0.326 e. The lowest BCUT2D eigenvalue weighted by atomic mass is 9.94. The van der Waals surface area contributed by atoms with Gasteiger partial charge in [-0.15, -0.1) is 0 Å². The highest BCUT2D eigenvalue weighted by molar-refractivity contribution is 6.14. The Morgan fingerprint density at radius 3 is 2.46 bits per heavy atom. The van der Waals surface area contributed by atoms with Gasteiger partial charge in [-0.3, -0.25) is 10.1 Å². The second kappa shape index (κ2) is 7.13. The molecule has 3 amide bonds. The van der Waals surface area contributed by atoms with E-state index in [2.05, 4.69) is 41.8 Å². The molecule has 0 atom stereocenters. The topological polar surface area (TPSA) is 58.2 Å². The van der Waals surface area contributed by atoms with E-state index in [0.717, 1.165) is 24.8 Å². The third-order valence-corrected chi connectivity index (χ3v) is 4.04. The second-order valence-corrected chi connectivity index (χ2v) is 5.85. The Bertz CT molecular complexity index is 795. The number of nitrogens with one attached hydrogen (secondary N) is 2. The first-order valence-electron chi connectivity index (χ1n) is 8.19. The highest BCUT2D eigenvalue weighted by Crippen LogP contribution is 2.27. The van der Waals surface area contributed by atoms with Gasteiger partial charge in [0, 0.05) is 0 Å². The number of urea groups is 1. The van der Waals surface area contributed by atoms with Gasteiger partial charge in [0.15, 0.2) is 0 Å². The Kier molecular flexibility index (Phi) is 4.75. The van der Waals surface area contributed by atoms with Gasteiger partial charge in [-0.1, -0.05) is 61.9 Å². The molecule has 0 bridgehead atoms. The van der Waals surface area contributed by atoms with E-state index in [1.807, 2.05) is 24.3 Å². The number of imide groups is 1. The number of unbranched alkanes of at least 4 members (excludes halogenated alkanes) is 1. The van der Waals surface area contributed by atoms with Gasteiger partial charge in [-0.25, -0.2) is 4.79 Å². The molecule has 0 radical (unpaired) electrons. The lowest BCUT2D eigenvalue weighted by molar-refractivity contribution is -0.115. The quantitative estimate of drug-likeness (QED) is 0.649. The van der Waals surface area contributed by atoms with Crippen molar-refractivity contribution in [2.24, 2.45) is 0 Å². The van der Waals surface area contributed by atoms with Crippen molar-refractivity contribution in [3.63, 3.8) is 0 Å². The predicted molar refractivity (Wildman–Crippen MR) is 95.1 cm³/mol. The minimum absolute atomic E-state index is 0.286. The molecule has 4 heteroatoms. The zero-order chi connectivity index (χ0) is 16.9. The van der Waals surface area contributed by atoms with Crippen molar-refractivity contribution in [3.05, 3.63) is 65.4 Å². The van der Waals surface area contributed by atoms with Crippen molar-refractivity contribution >= 4 is 18.0 Å². The fraction of sp³-hybridized carbons (Fsp3) is 0.200. The van der Waals surface area contributed by atoms with Gasteiger partial charge in [-0.05, 0) is 41.2 Å². The van der Waals surface area contributed by atoms with Crippen molar-refractivity contribution < 1.29 is 9.59 Å². The molecule has 4 nitrogen and oxygen atoms in total. The molecule has 1 aliphatic heterocycles. The van der Waals surface area contributed by atoms with Gasteiger partial charge in [0.25, 0.3) is 5.91 Å². The van der Waals surface area contributed by atoms with E-state index >= 15 is 0 Å². The van der Waals surface area contributed by atoms with Crippen LogP contribution < -0.4 is 10.6 Å². The molecule has 0 aliphatic carbocycles. The number of aryl methyl sites for hydroxylation is 1. The summed E-state index contributed by atoms with van der Waals surface area (Å²) >= 11 is 0. The van der Waals surface area contributed by atoms with Gasteiger partial charge in [-0.2, -0.15) is 0 Å². The average molecular weight is 320 g/mol. The zero-order valence-corrected chi connectivity index (χ0v) is 13.6. The summed E-state index contributed by atoms with van der Waals surface area (Å²) < 4.78 is 0. The lowest BCUT2D eigenvalue weighted by Crippen LogP contribution is -2.22. The Balaban J connectivity index is 1.97. The van der Waals surface area contributed by atoms with Crippen LogP contribution in [0, 0.1) is 0 Å². The van der Waals surface area contributed by atoms with E-state index in [1.54, 1.807) is 6.08 Å². The van der Waals surface area contributed by atoms with E-state index in [1.165, 1.54) is 16.7 Å². The van der Waals surface area contributed by atoms with Gasteiger partial charge in [0.2, 0.25) is 0 Å². The van der Waals surface area contributed by atoms with Crippen LogP contribution in [-0.4, -0.2) is 11.9 Å². The summed E-state index contributed by atoms with van der Waals surface area (Å²) in [5.74, 6) is -0.387. The average Bonchev–Trinajstić information content (AvgIpc) is 2.91. The SMILES string of the molecule is CCCCc1cc(/C=C2/NC(=O)NC2=O)ccc1-c1ccccc1. The van der Waals surface area contributed by atoms with E-state index < -0.39 is 6.03 Å². The molecule has 122 valence electrons. The molecule has 0 saturated carbocycles. The molecular formula is C20H20N2O2. The number of rotatable bonds is 5. The molecule has 0 unspecified atom stereocenters. The smallest absolute Gasteiger partial charge is 0.303 e. The van der Waals surface area contributed by atoms with Gasteiger partial charge in [0.1, 0.15) is 5.70 Å². The third-order valence-electron chi connectivity index (χ3n) is 4.04. The number of carbonyl (C=O) groups excluding carboxylic acids is 2. The van der Waals surface area contributed by atoms with Crippen molar-refractivity contribution in [2.45, 2.75) is 26.2 Å². The Hall–Kier alpha value is -2.88. The van der Waals surface area contributed by atoms with E-state index in [-0.39, 0.29) is 11.6 Å². The molecule has 1 aliphatic rings. The van der Waals surface area contributed by atoms with Crippen LogP contribution in [0.5, 0.6) is 0 Å². The standard InChI is InChI=1S/C20H20N2O2/c1-2-3-7-16-12-14(13-18-19(23)22-20(24)21-18)10-11-17(16)15-8-5-4-6-9-15/h4-6,8-13H,2-3,7H2,1H3,(H2,21,22,23,24)/b18-13+. The summed E-state index contributed by atoms with van der Waals surface area (Å²) in [5.41, 5.74) is 4.85. The van der Waals surface area contributed by atoms with Crippen molar-refractivity contribution in [3.8, 4) is 11.1 Å². The molecule has 0 spiro atoms. The lowest BCUT2D eigenvalue weighted by Gasteiger charge is -2.11. The molecule has 2 N–H and O–H groups in total. The first-order valence-corrected chi connectivity index (χ1v) is 8.19. The molecule has 0 aromatic heterocycles. The normalized spacial score (nSPS) is 15.5. The molecular weight excluding hydrogens is 300 g/mol. The third kappa shape index (κ3) is 3.54. The molecule has 2 aromatic carbocycles. The first kappa shape index (κ1) is 16.0. The van der Waals surface area contributed by atoms with Crippen molar-refractivity contribution in [1.29, 1.82) is 0 Å². The minimum Gasteiger partial charge on any atom is -0.303 e. The van der Waals surface area contributed by atoms with Crippen LogP contribution in [-0.2, 0) is 11.2 Å². The molecule has 24 heavy (non-hydrogen) atoms.